The molecule has 1 saturated heterocycles. The molecule has 1 aliphatic heterocycles. The van der Waals surface area contributed by atoms with Gasteiger partial charge in [-0.15, -0.1) is 5.06 Å². The maximum Gasteiger partial charge on any atom is 0.426 e. The van der Waals surface area contributed by atoms with E-state index in [2.05, 4.69) is 5.32 Å². The van der Waals surface area contributed by atoms with Crippen LogP contribution in [0, 0.1) is 6.54 Å². The summed E-state index contributed by atoms with van der Waals surface area (Å²) in [5.74, 6) is 0. The molecule has 4 nitrogen and oxygen atoms in total. The molecule has 1 aliphatic rings. The number of carbonyl (C=O) groups is 1. The SMILES string of the molecule is CNC(=O)ON1[CH]CCCC1. The van der Waals surface area contributed by atoms with Gasteiger partial charge >= 0.3 is 6.09 Å². The third-order valence-corrected chi connectivity index (χ3v) is 1.57. The van der Waals surface area contributed by atoms with E-state index >= 15 is 0 Å². The molecule has 0 unspecified atom stereocenters. The Bertz CT molecular complexity index is 132. The highest BCUT2D eigenvalue weighted by atomic mass is 16.7. The maximum atomic E-state index is 10.7. The predicted octanol–water partition coefficient (Wildman–Crippen LogP) is 0.905. The van der Waals surface area contributed by atoms with Crippen LogP contribution in [0.3, 0.4) is 0 Å². The van der Waals surface area contributed by atoms with Gasteiger partial charge in [-0.25, -0.2) is 4.79 Å². The summed E-state index contributed by atoms with van der Waals surface area (Å²) in [6.45, 7) is 2.71. The molecule has 1 N–H and O–H groups in total. The van der Waals surface area contributed by atoms with E-state index in [-0.39, 0.29) is 0 Å². The van der Waals surface area contributed by atoms with Crippen LogP contribution >= 0.6 is 0 Å². The molecule has 1 heterocycles. The zero-order chi connectivity index (χ0) is 8.10. The molecule has 63 valence electrons. The second kappa shape index (κ2) is 4.18. The molecule has 0 aromatic heterocycles. The van der Waals surface area contributed by atoms with Gasteiger partial charge in [0.05, 0.1) is 6.54 Å². The van der Waals surface area contributed by atoms with Crippen molar-refractivity contribution in [3.05, 3.63) is 6.54 Å². The van der Waals surface area contributed by atoms with Crippen LogP contribution in [0.2, 0.25) is 0 Å². The second-order valence-electron chi connectivity index (χ2n) is 2.45. The Hall–Kier alpha value is -0.770. The minimum atomic E-state index is -0.400. The van der Waals surface area contributed by atoms with Gasteiger partial charge in [0.15, 0.2) is 0 Å². The first kappa shape index (κ1) is 8.33. The van der Waals surface area contributed by atoms with Crippen molar-refractivity contribution in [2.45, 2.75) is 19.3 Å². The van der Waals surface area contributed by atoms with E-state index in [9.17, 15) is 4.79 Å². The largest absolute Gasteiger partial charge is 0.426 e. The number of hydrogen-bond donors (Lipinski definition) is 1. The first-order valence-corrected chi connectivity index (χ1v) is 3.82. The van der Waals surface area contributed by atoms with Crippen molar-refractivity contribution in [1.29, 1.82) is 0 Å². The molecule has 1 fully saturated rings. The third kappa shape index (κ3) is 2.76. The van der Waals surface area contributed by atoms with Crippen LogP contribution in [0.25, 0.3) is 0 Å². The summed E-state index contributed by atoms with van der Waals surface area (Å²) < 4.78 is 0. The van der Waals surface area contributed by atoms with E-state index in [1.165, 1.54) is 6.42 Å². The van der Waals surface area contributed by atoms with Crippen LogP contribution in [0.4, 0.5) is 4.79 Å². The summed E-state index contributed by atoms with van der Waals surface area (Å²) in [7, 11) is 1.55. The van der Waals surface area contributed by atoms with Crippen molar-refractivity contribution in [3.63, 3.8) is 0 Å². The molecule has 4 heteroatoms. The van der Waals surface area contributed by atoms with Crippen molar-refractivity contribution >= 4 is 6.09 Å². The normalized spacial score (nSPS) is 19.4. The van der Waals surface area contributed by atoms with Crippen LogP contribution in [0.1, 0.15) is 19.3 Å². The first-order valence-electron chi connectivity index (χ1n) is 3.82. The van der Waals surface area contributed by atoms with Crippen LogP contribution in [-0.4, -0.2) is 24.7 Å². The summed E-state index contributed by atoms with van der Waals surface area (Å²) >= 11 is 0. The van der Waals surface area contributed by atoms with Crippen molar-refractivity contribution in [2.75, 3.05) is 13.6 Å². The summed E-state index contributed by atoms with van der Waals surface area (Å²) in [5, 5.41) is 3.98. The Labute approximate surface area is 66.5 Å². The predicted molar refractivity (Wildman–Crippen MR) is 40.4 cm³/mol. The van der Waals surface area contributed by atoms with Gasteiger partial charge in [0, 0.05) is 13.6 Å². The Morgan fingerprint density at radius 1 is 1.64 bits per heavy atom. The highest BCUT2D eigenvalue weighted by molar-refractivity contribution is 5.66. The monoisotopic (exact) mass is 157 g/mol. The van der Waals surface area contributed by atoms with Crippen LogP contribution < -0.4 is 5.32 Å². The Kier molecular flexibility index (Phi) is 3.16. The van der Waals surface area contributed by atoms with Gasteiger partial charge < -0.3 is 10.2 Å². The maximum absolute atomic E-state index is 10.7. The Morgan fingerprint density at radius 2 is 2.45 bits per heavy atom. The molecule has 11 heavy (non-hydrogen) atoms. The molecule has 0 spiro atoms. The molecular weight excluding hydrogens is 144 g/mol. The fourth-order valence-corrected chi connectivity index (χ4v) is 0.974. The first-order chi connectivity index (χ1) is 5.33. The van der Waals surface area contributed by atoms with Crippen LogP contribution in [0.5, 0.6) is 0 Å². The number of hydrogen-bond acceptors (Lipinski definition) is 3. The summed E-state index contributed by atoms with van der Waals surface area (Å²) in [5.41, 5.74) is 0. The number of amides is 1. The van der Waals surface area contributed by atoms with E-state index < -0.39 is 6.09 Å². The molecule has 1 radical (unpaired) electrons. The highest BCUT2D eigenvalue weighted by Gasteiger charge is 2.13. The van der Waals surface area contributed by atoms with Crippen LogP contribution in [-0.2, 0) is 4.84 Å². The molecule has 0 aromatic carbocycles. The van der Waals surface area contributed by atoms with E-state index in [0.29, 0.717) is 0 Å². The fraction of sp³-hybridized carbons (Fsp3) is 0.714. The number of piperidine rings is 1. The van der Waals surface area contributed by atoms with Crippen LogP contribution in [0.15, 0.2) is 0 Å². The van der Waals surface area contributed by atoms with Gasteiger partial charge in [-0.2, -0.15) is 0 Å². The minimum Gasteiger partial charge on any atom is -0.351 e. The topological polar surface area (TPSA) is 41.6 Å². The molecule has 0 aromatic rings. The van der Waals surface area contributed by atoms with E-state index in [1.807, 2.05) is 6.54 Å². The molecule has 1 rings (SSSR count). The quantitative estimate of drug-likeness (QED) is 0.615. The van der Waals surface area contributed by atoms with Crippen molar-refractivity contribution in [3.8, 4) is 0 Å². The second-order valence-corrected chi connectivity index (χ2v) is 2.45. The third-order valence-electron chi connectivity index (χ3n) is 1.57. The highest BCUT2D eigenvalue weighted by Crippen LogP contribution is 2.12. The fourth-order valence-electron chi connectivity index (χ4n) is 0.974. The zero-order valence-electron chi connectivity index (χ0n) is 6.67. The van der Waals surface area contributed by atoms with Gasteiger partial charge in [-0.1, -0.05) is 6.42 Å². The average molecular weight is 157 g/mol. The van der Waals surface area contributed by atoms with Crippen molar-refractivity contribution in [2.24, 2.45) is 0 Å². The average Bonchev–Trinajstić information content (AvgIpc) is 2.06. The summed E-state index contributed by atoms with van der Waals surface area (Å²) in [4.78, 5) is 15.6. The number of carbonyl (C=O) groups excluding carboxylic acids is 1. The smallest absolute Gasteiger partial charge is 0.351 e. The van der Waals surface area contributed by atoms with E-state index in [1.54, 1.807) is 12.1 Å². The van der Waals surface area contributed by atoms with Crippen molar-refractivity contribution < 1.29 is 9.63 Å². The van der Waals surface area contributed by atoms with E-state index in [0.717, 1.165) is 19.4 Å². The number of nitrogens with zero attached hydrogens (tertiary/aromatic N) is 1. The minimum absolute atomic E-state index is 0.400. The zero-order valence-corrected chi connectivity index (χ0v) is 6.67. The lowest BCUT2D eigenvalue weighted by Crippen LogP contribution is -2.33. The lowest BCUT2D eigenvalue weighted by Gasteiger charge is -2.23. The van der Waals surface area contributed by atoms with E-state index in [4.69, 9.17) is 4.84 Å². The molecule has 0 bridgehead atoms. The van der Waals surface area contributed by atoms with Gasteiger partial charge in [0.2, 0.25) is 0 Å². The van der Waals surface area contributed by atoms with Gasteiger partial charge in [-0.3, -0.25) is 0 Å². The number of rotatable bonds is 1. The lowest BCUT2D eigenvalue weighted by atomic mass is 10.2. The molecular formula is C7H13N2O2. The van der Waals surface area contributed by atoms with Gasteiger partial charge in [0.1, 0.15) is 0 Å². The number of nitrogens with one attached hydrogen (secondary N) is 1. The number of hydroxylamine groups is 2. The summed E-state index contributed by atoms with van der Waals surface area (Å²) in [6.07, 6.45) is 2.88. The Balaban J connectivity index is 2.19. The Morgan fingerprint density at radius 3 is 3.00 bits per heavy atom. The summed E-state index contributed by atoms with van der Waals surface area (Å²) in [6, 6.07) is 0. The molecule has 1 amide bonds. The molecule has 0 atom stereocenters. The van der Waals surface area contributed by atoms with Gasteiger partial charge in [0.25, 0.3) is 0 Å². The lowest BCUT2D eigenvalue weighted by molar-refractivity contribution is -0.0847. The molecule has 0 saturated carbocycles. The van der Waals surface area contributed by atoms with Crippen molar-refractivity contribution in [1.82, 2.24) is 10.4 Å². The molecule has 0 aliphatic carbocycles. The van der Waals surface area contributed by atoms with Gasteiger partial charge in [-0.05, 0) is 12.8 Å². The standard InChI is InChI=1S/C7H13N2O2/c1-8-7(10)11-9-5-3-2-4-6-9/h5H,2-4,6H2,1H3,(H,8,10).